The zero-order valence-electron chi connectivity index (χ0n) is 12.1. The van der Waals surface area contributed by atoms with Crippen LogP contribution in [0.1, 0.15) is 44.9 Å². The number of hydrogen-bond acceptors (Lipinski definition) is 2. The minimum absolute atomic E-state index is 0.205. The van der Waals surface area contributed by atoms with E-state index in [1.807, 2.05) is 45.0 Å². The molecule has 0 aliphatic carbocycles. The van der Waals surface area contributed by atoms with Crippen LogP contribution in [0.2, 0.25) is 0 Å². The van der Waals surface area contributed by atoms with Crippen molar-refractivity contribution < 1.29 is 4.74 Å². The van der Waals surface area contributed by atoms with E-state index in [2.05, 4.69) is 18.2 Å². The van der Waals surface area contributed by atoms with Gasteiger partial charge in [-0.1, -0.05) is 18.1 Å². The Hall–Kier alpha value is -1.79. The minimum atomic E-state index is -0.416. The van der Waals surface area contributed by atoms with E-state index in [1.165, 1.54) is 0 Å². The number of terminal acetylenes is 1. The molecule has 3 nitrogen and oxygen atoms in total. The number of hydroxylamine groups is 1. The van der Waals surface area contributed by atoms with Gasteiger partial charge in [0.05, 0.1) is 6.54 Å². The molecule has 19 heavy (non-hydrogen) atoms. The van der Waals surface area contributed by atoms with Crippen molar-refractivity contribution in [2.75, 3.05) is 6.54 Å². The molecule has 0 saturated carbocycles. The molecule has 0 saturated heterocycles. The summed E-state index contributed by atoms with van der Waals surface area (Å²) in [5.74, 6) is 2.56. The molecule has 0 aliphatic heterocycles. The summed E-state index contributed by atoms with van der Waals surface area (Å²) in [4.78, 5) is 0. The molecule has 1 N–H and O–H groups in total. The quantitative estimate of drug-likeness (QED) is 0.296. The molecule has 0 aliphatic rings. The van der Waals surface area contributed by atoms with E-state index in [0.29, 0.717) is 6.54 Å². The largest absolute Gasteiger partial charge is 0.623 e. The molecule has 1 aromatic rings. The second-order valence-corrected chi connectivity index (χ2v) is 5.60. The van der Waals surface area contributed by atoms with Gasteiger partial charge < -0.3 is 5.21 Å². The monoisotopic (exact) mass is 258 g/mol. The van der Waals surface area contributed by atoms with Crippen LogP contribution in [0.3, 0.4) is 0 Å². The average molecular weight is 258 g/mol. The molecule has 0 heterocycles. The zero-order chi connectivity index (χ0) is 14.5. The average Bonchev–Trinajstić information content (AvgIpc) is 2.35. The lowest BCUT2D eigenvalue weighted by Crippen LogP contribution is -2.29. The van der Waals surface area contributed by atoms with Gasteiger partial charge in [-0.25, -0.2) is 4.74 Å². The van der Waals surface area contributed by atoms with E-state index in [9.17, 15) is 5.21 Å². The van der Waals surface area contributed by atoms with Crippen LogP contribution in [-0.2, 0) is 0 Å². The maximum absolute atomic E-state index is 11.8. The van der Waals surface area contributed by atoms with Crippen molar-refractivity contribution in [1.29, 1.82) is 0 Å². The number of nitrogens with zero attached hydrogens (tertiary/aromatic N) is 1. The van der Waals surface area contributed by atoms with E-state index in [-0.39, 0.29) is 6.04 Å². The van der Waals surface area contributed by atoms with Crippen LogP contribution in [0.5, 0.6) is 0 Å². The molecule has 102 valence electrons. The summed E-state index contributed by atoms with van der Waals surface area (Å²) in [5, 5.41) is 15.0. The van der Waals surface area contributed by atoms with Gasteiger partial charge in [0.25, 0.3) is 0 Å². The molecular weight excluding hydrogens is 236 g/mol. The lowest BCUT2D eigenvalue weighted by molar-refractivity contribution is -0.530. The van der Waals surface area contributed by atoms with Crippen LogP contribution in [0.15, 0.2) is 24.3 Å². The van der Waals surface area contributed by atoms with Crippen LogP contribution in [0, 0.1) is 17.6 Å². The Morgan fingerprint density at radius 1 is 1.37 bits per heavy atom. The van der Waals surface area contributed by atoms with Crippen molar-refractivity contribution in [1.82, 2.24) is 5.32 Å². The molecule has 1 rings (SSSR count). The van der Waals surface area contributed by atoms with E-state index in [0.717, 1.165) is 15.9 Å². The van der Waals surface area contributed by atoms with E-state index in [4.69, 9.17) is 6.42 Å². The van der Waals surface area contributed by atoms with Gasteiger partial charge in [0.1, 0.15) is 0 Å². The van der Waals surface area contributed by atoms with Crippen LogP contribution in [-0.4, -0.2) is 23.0 Å². The molecule has 0 fully saturated rings. The SMILES string of the molecule is C#CCNC(C)c1ccc(/C=[N+](\[O-])C(C)(C)C)cc1. The van der Waals surface area contributed by atoms with Crippen molar-refractivity contribution in [3.8, 4) is 12.3 Å². The van der Waals surface area contributed by atoms with E-state index < -0.39 is 5.54 Å². The fourth-order valence-corrected chi connectivity index (χ4v) is 1.53. The van der Waals surface area contributed by atoms with Gasteiger partial charge in [-0.2, -0.15) is 0 Å². The third kappa shape index (κ3) is 4.76. The summed E-state index contributed by atoms with van der Waals surface area (Å²) in [6, 6.07) is 8.11. The molecule has 0 aromatic heterocycles. The second kappa shape index (κ2) is 6.40. The standard InChI is InChI=1S/C16H22N2O/c1-6-11-17-13(2)15-9-7-14(8-10-15)12-18(19)16(3,4)5/h1,7-10,12-13,17H,11H2,2-5H3/b18-12-. The first-order valence-corrected chi connectivity index (χ1v) is 6.42. The Bertz CT molecular complexity index is 475. The number of rotatable bonds is 4. The summed E-state index contributed by atoms with van der Waals surface area (Å²) in [7, 11) is 0. The summed E-state index contributed by atoms with van der Waals surface area (Å²) in [6.45, 7) is 8.27. The number of benzene rings is 1. The third-order valence-corrected chi connectivity index (χ3v) is 2.87. The summed E-state index contributed by atoms with van der Waals surface area (Å²) >= 11 is 0. The van der Waals surface area contributed by atoms with E-state index >= 15 is 0 Å². The Morgan fingerprint density at radius 2 is 1.95 bits per heavy atom. The maximum Gasteiger partial charge on any atom is 0.182 e. The summed E-state index contributed by atoms with van der Waals surface area (Å²) in [6.07, 6.45) is 6.83. The van der Waals surface area contributed by atoms with Gasteiger partial charge in [-0.15, -0.1) is 6.42 Å². The predicted octanol–water partition coefficient (Wildman–Crippen LogP) is 2.70. The van der Waals surface area contributed by atoms with Gasteiger partial charge in [-0.3, -0.25) is 5.32 Å². The molecule has 0 radical (unpaired) electrons. The van der Waals surface area contributed by atoms with Gasteiger partial charge >= 0.3 is 0 Å². The van der Waals surface area contributed by atoms with Crippen molar-refractivity contribution in [3.63, 3.8) is 0 Å². The first-order valence-electron chi connectivity index (χ1n) is 6.42. The lowest BCUT2D eigenvalue weighted by Gasteiger charge is -2.18. The van der Waals surface area contributed by atoms with Gasteiger partial charge in [0, 0.05) is 32.4 Å². The predicted molar refractivity (Wildman–Crippen MR) is 80.2 cm³/mol. The minimum Gasteiger partial charge on any atom is -0.623 e. The Balaban J connectivity index is 2.80. The van der Waals surface area contributed by atoms with Gasteiger partial charge in [-0.05, 0) is 24.6 Å². The maximum atomic E-state index is 11.8. The first kappa shape index (κ1) is 15.3. The lowest BCUT2D eigenvalue weighted by atomic mass is 10.1. The van der Waals surface area contributed by atoms with E-state index in [1.54, 1.807) is 6.21 Å². The van der Waals surface area contributed by atoms with Gasteiger partial charge in [0.15, 0.2) is 11.8 Å². The van der Waals surface area contributed by atoms with Crippen molar-refractivity contribution in [3.05, 3.63) is 40.6 Å². The summed E-state index contributed by atoms with van der Waals surface area (Å²) in [5.41, 5.74) is 1.64. The Kier molecular flexibility index (Phi) is 5.14. The Morgan fingerprint density at radius 3 is 2.42 bits per heavy atom. The molecule has 0 amide bonds. The van der Waals surface area contributed by atoms with Crippen LogP contribution >= 0.6 is 0 Å². The highest BCUT2D eigenvalue weighted by Gasteiger charge is 2.17. The molecule has 0 bridgehead atoms. The first-order chi connectivity index (χ1) is 8.84. The molecule has 1 unspecified atom stereocenters. The topological polar surface area (TPSA) is 38.1 Å². The normalized spacial score (nSPS) is 13.9. The molecule has 1 aromatic carbocycles. The zero-order valence-corrected chi connectivity index (χ0v) is 12.1. The highest BCUT2D eigenvalue weighted by Crippen LogP contribution is 2.13. The molecule has 0 spiro atoms. The Labute approximate surface area is 115 Å². The fourth-order valence-electron chi connectivity index (χ4n) is 1.53. The molecule has 1 atom stereocenters. The number of hydrogen-bond donors (Lipinski definition) is 1. The van der Waals surface area contributed by atoms with Crippen LogP contribution < -0.4 is 5.32 Å². The third-order valence-electron chi connectivity index (χ3n) is 2.87. The van der Waals surface area contributed by atoms with Gasteiger partial charge in [0.2, 0.25) is 0 Å². The highest BCUT2D eigenvalue weighted by atomic mass is 16.5. The second-order valence-electron chi connectivity index (χ2n) is 5.60. The van der Waals surface area contributed by atoms with Crippen LogP contribution in [0.4, 0.5) is 0 Å². The summed E-state index contributed by atoms with van der Waals surface area (Å²) < 4.78 is 0.974. The van der Waals surface area contributed by atoms with Crippen molar-refractivity contribution in [2.24, 2.45) is 0 Å². The van der Waals surface area contributed by atoms with Crippen molar-refractivity contribution in [2.45, 2.75) is 39.3 Å². The van der Waals surface area contributed by atoms with Crippen molar-refractivity contribution >= 4 is 6.21 Å². The molecule has 3 heteroatoms. The molecular formula is C16H22N2O. The fraction of sp³-hybridized carbons (Fsp3) is 0.438. The number of nitrogens with one attached hydrogen (secondary N) is 1. The highest BCUT2D eigenvalue weighted by molar-refractivity contribution is 5.75. The smallest absolute Gasteiger partial charge is 0.182 e. The van der Waals surface area contributed by atoms with Crippen LogP contribution in [0.25, 0.3) is 0 Å².